The zero-order chi connectivity index (χ0) is 17.1. The first-order valence-corrected chi connectivity index (χ1v) is 9.42. The summed E-state index contributed by atoms with van der Waals surface area (Å²) in [6, 6.07) is 14.3. The van der Waals surface area contributed by atoms with Gasteiger partial charge in [-0.15, -0.1) is 10.2 Å². The molecular weight excluding hydrogens is 398 g/mol. The molecule has 0 fully saturated rings. The van der Waals surface area contributed by atoms with Crippen molar-refractivity contribution in [2.45, 2.75) is 6.42 Å². The first-order valence-electron chi connectivity index (χ1n) is 7.81. The van der Waals surface area contributed by atoms with Crippen molar-refractivity contribution in [2.75, 3.05) is 11.9 Å². The number of pyridine rings is 2. The molecule has 0 unspecified atom stereocenters. The van der Waals surface area contributed by atoms with Crippen molar-refractivity contribution in [3.63, 3.8) is 0 Å². The van der Waals surface area contributed by atoms with Gasteiger partial charge < -0.3 is 5.32 Å². The lowest BCUT2D eigenvalue weighted by atomic mass is 10.2. The van der Waals surface area contributed by atoms with Crippen molar-refractivity contribution in [1.82, 2.24) is 20.2 Å². The van der Waals surface area contributed by atoms with E-state index < -0.39 is 0 Å². The molecule has 1 N–H and O–H groups in total. The van der Waals surface area contributed by atoms with E-state index >= 15 is 0 Å². The fourth-order valence-electron chi connectivity index (χ4n) is 2.49. The van der Waals surface area contributed by atoms with Crippen LogP contribution in [0.5, 0.6) is 0 Å². The van der Waals surface area contributed by atoms with Gasteiger partial charge in [-0.25, -0.2) is 4.98 Å². The van der Waals surface area contributed by atoms with Crippen LogP contribution in [0.25, 0.3) is 21.6 Å². The van der Waals surface area contributed by atoms with Crippen LogP contribution < -0.4 is 5.32 Å². The van der Waals surface area contributed by atoms with Crippen molar-refractivity contribution in [3.8, 4) is 10.7 Å². The maximum absolute atomic E-state index is 4.68. The fourth-order valence-corrected chi connectivity index (χ4v) is 3.66. The fraction of sp³-hybridized carbons (Fsp3) is 0.111. The van der Waals surface area contributed by atoms with Gasteiger partial charge in [-0.3, -0.25) is 4.98 Å². The van der Waals surface area contributed by atoms with Gasteiger partial charge in [-0.2, -0.15) is 0 Å². The van der Waals surface area contributed by atoms with Crippen molar-refractivity contribution in [3.05, 3.63) is 64.9 Å². The molecule has 4 rings (SSSR count). The quantitative estimate of drug-likeness (QED) is 0.521. The summed E-state index contributed by atoms with van der Waals surface area (Å²) in [6.07, 6.45) is 4.49. The summed E-state index contributed by atoms with van der Waals surface area (Å²) in [5.41, 5.74) is 2.99. The lowest BCUT2D eigenvalue weighted by Gasteiger charge is -2.02. The first kappa shape index (κ1) is 16.1. The van der Waals surface area contributed by atoms with Crippen molar-refractivity contribution in [2.24, 2.45) is 0 Å². The molecule has 3 aromatic heterocycles. The van der Waals surface area contributed by atoms with Crippen molar-refractivity contribution < 1.29 is 0 Å². The lowest BCUT2D eigenvalue weighted by molar-refractivity contribution is 0.995. The third-order valence-corrected chi connectivity index (χ3v) is 5.21. The number of benzene rings is 1. The molecule has 0 bridgehead atoms. The number of hydrogen-bond donors (Lipinski definition) is 1. The van der Waals surface area contributed by atoms with E-state index in [-0.39, 0.29) is 0 Å². The van der Waals surface area contributed by atoms with E-state index in [1.54, 1.807) is 12.4 Å². The summed E-state index contributed by atoms with van der Waals surface area (Å²) in [6.45, 7) is 0.820. The molecule has 0 atom stereocenters. The predicted molar refractivity (Wildman–Crippen MR) is 105 cm³/mol. The standard InChI is InChI=1S/C18H14BrN5S/c19-14-11-20-10-13-6-7-15(22-16(13)14)17-23-24-18(25-17)21-9-8-12-4-2-1-3-5-12/h1-7,10-11H,8-9H2,(H,21,24). The Kier molecular flexibility index (Phi) is 4.67. The van der Waals surface area contributed by atoms with Gasteiger partial charge in [-0.1, -0.05) is 41.7 Å². The Hall–Kier alpha value is -2.38. The molecule has 3 heterocycles. The molecule has 0 saturated heterocycles. The van der Waals surface area contributed by atoms with Gasteiger partial charge in [0.1, 0.15) is 5.69 Å². The van der Waals surface area contributed by atoms with Gasteiger partial charge in [-0.05, 0) is 40.0 Å². The normalized spacial score (nSPS) is 10.9. The topological polar surface area (TPSA) is 63.6 Å². The van der Waals surface area contributed by atoms with E-state index in [4.69, 9.17) is 0 Å². The third kappa shape index (κ3) is 3.67. The molecule has 7 heteroatoms. The lowest BCUT2D eigenvalue weighted by Crippen LogP contribution is -2.04. The monoisotopic (exact) mass is 411 g/mol. The Balaban J connectivity index is 1.48. The highest BCUT2D eigenvalue weighted by Crippen LogP contribution is 2.28. The average Bonchev–Trinajstić information content (AvgIpc) is 3.12. The maximum atomic E-state index is 4.68. The van der Waals surface area contributed by atoms with E-state index in [2.05, 4.69) is 65.7 Å². The second-order valence-corrected chi connectivity index (χ2v) is 7.30. The molecule has 124 valence electrons. The van der Waals surface area contributed by atoms with Crippen LogP contribution >= 0.6 is 27.3 Å². The summed E-state index contributed by atoms with van der Waals surface area (Å²) >= 11 is 5.00. The summed E-state index contributed by atoms with van der Waals surface area (Å²) < 4.78 is 0.873. The van der Waals surface area contributed by atoms with Crippen molar-refractivity contribution in [1.29, 1.82) is 0 Å². The van der Waals surface area contributed by atoms with Gasteiger partial charge in [0, 0.05) is 24.3 Å². The minimum atomic E-state index is 0.799. The maximum Gasteiger partial charge on any atom is 0.206 e. The van der Waals surface area contributed by atoms with Crippen LogP contribution in [0, 0.1) is 0 Å². The predicted octanol–water partition coefficient (Wildman–Crippen LogP) is 4.57. The summed E-state index contributed by atoms with van der Waals surface area (Å²) in [7, 11) is 0. The number of nitrogens with zero attached hydrogens (tertiary/aromatic N) is 4. The Labute approximate surface area is 157 Å². The van der Waals surface area contributed by atoms with Crippen LogP contribution in [0.3, 0.4) is 0 Å². The summed E-state index contributed by atoms with van der Waals surface area (Å²) in [5.74, 6) is 0. The third-order valence-electron chi connectivity index (χ3n) is 3.73. The summed E-state index contributed by atoms with van der Waals surface area (Å²) in [4.78, 5) is 8.83. The number of fused-ring (bicyclic) bond motifs is 1. The highest BCUT2D eigenvalue weighted by Gasteiger charge is 2.10. The molecule has 5 nitrogen and oxygen atoms in total. The molecule has 0 aliphatic heterocycles. The van der Waals surface area contributed by atoms with Gasteiger partial charge in [0.05, 0.1) is 9.99 Å². The first-order chi connectivity index (χ1) is 12.3. The molecule has 0 saturated carbocycles. The second-order valence-electron chi connectivity index (χ2n) is 5.46. The molecule has 1 aromatic carbocycles. The summed E-state index contributed by atoms with van der Waals surface area (Å²) in [5, 5.41) is 14.4. The van der Waals surface area contributed by atoms with Crippen LogP contribution in [0.4, 0.5) is 5.13 Å². The smallest absolute Gasteiger partial charge is 0.206 e. The largest absolute Gasteiger partial charge is 0.360 e. The van der Waals surface area contributed by atoms with Crippen LogP contribution in [-0.2, 0) is 6.42 Å². The highest BCUT2D eigenvalue weighted by atomic mass is 79.9. The van der Waals surface area contributed by atoms with E-state index in [1.165, 1.54) is 16.9 Å². The molecule has 25 heavy (non-hydrogen) atoms. The number of halogens is 1. The molecule has 4 aromatic rings. The Morgan fingerprint density at radius 1 is 1.00 bits per heavy atom. The van der Waals surface area contributed by atoms with E-state index in [9.17, 15) is 0 Å². The molecule has 0 aliphatic carbocycles. The zero-order valence-electron chi connectivity index (χ0n) is 13.2. The minimum Gasteiger partial charge on any atom is -0.360 e. The molecule has 0 radical (unpaired) electrons. The van der Waals surface area contributed by atoms with Crippen LogP contribution in [0.15, 0.2) is 59.3 Å². The van der Waals surface area contributed by atoms with E-state index in [0.29, 0.717) is 0 Å². The molecule has 0 aliphatic rings. The number of rotatable bonds is 5. The second kappa shape index (κ2) is 7.25. The number of anilines is 1. The van der Waals surface area contributed by atoms with Gasteiger partial charge in [0.15, 0.2) is 5.01 Å². The van der Waals surface area contributed by atoms with Crippen LogP contribution in [0.1, 0.15) is 5.56 Å². The number of hydrogen-bond acceptors (Lipinski definition) is 6. The van der Waals surface area contributed by atoms with Gasteiger partial charge in [0.25, 0.3) is 0 Å². The minimum absolute atomic E-state index is 0.799. The highest BCUT2D eigenvalue weighted by molar-refractivity contribution is 9.10. The van der Waals surface area contributed by atoms with Gasteiger partial charge >= 0.3 is 0 Å². The Bertz CT molecular complexity index is 1000. The SMILES string of the molecule is Brc1cncc2ccc(-c3nnc(NCCc4ccccc4)s3)nc12. The van der Waals surface area contributed by atoms with Crippen LogP contribution in [0.2, 0.25) is 0 Å². The van der Waals surface area contributed by atoms with E-state index in [1.807, 2.05) is 18.2 Å². The van der Waals surface area contributed by atoms with Crippen molar-refractivity contribution >= 4 is 43.3 Å². The molecule has 0 amide bonds. The number of nitrogens with one attached hydrogen (secondary N) is 1. The number of aromatic nitrogens is 4. The average molecular weight is 412 g/mol. The Morgan fingerprint density at radius 2 is 1.88 bits per heavy atom. The Morgan fingerprint density at radius 3 is 2.76 bits per heavy atom. The van der Waals surface area contributed by atoms with Crippen LogP contribution in [-0.4, -0.2) is 26.7 Å². The zero-order valence-corrected chi connectivity index (χ0v) is 15.6. The molecule has 0 spiro atoms. The van der Waals surface area contributed by atoms with E-state index in [0.717, 1.165) is 44.2 Å². The molecular formula is C18H14BrN5S. The van der Waals surface area contributed by atoms with Gasteiger partial charge in [0.2, 0.25) is 5.13 Å².